The number of ether oxygens (including phenoxy) is 2. The number of aliphatic hydroxyl groups is 2. The van der Waals surface area contributed by atoms with Crippen molar-refractivity contribution in [3.8, 4) is 0 Å². The SMILES string of the molecule is CO[C@](C(=O)O[C@@H]1C[C@H]2[C@@H](C[C@@H](O)[C@@]3(O)C(C)(C)CCC[C@]23C)[C@@H](C)/C1=C/CO[Si](C)(C)C(C)(C)C)(c1ccccc1)C(F)(F)F. The Morgan fingerprint density at radius 1 is 1.07 bits per heavy atom. The lowest BCUT2D eigenvalue weighted by atomic mass is 9.40. The molecule has 6 nitrogen and oxygen atoms in total. The Kier molecular flexibility index (Phi) is 9.93. The highest BCUT2D eigenvalue weighted by molar-refractivity contribution is 6.74. The van der Waals surface area contributed by atoms with E-state index < -0.39 is 54.7 Å². The van der Waals surface area contributed by atoms with Gasteiger partial charge < -0.3 is 24.1 Å². The van der Waals surface area contributed by atoms with Gasteiger partial charge in [-0.2, -0.15) is 13.2 Å². The standard InChI is InChI=1S/C36H55F3O6Si/c1-23-25(17-20-44-46(9,10)31(2,3)4)28(45-30(41)34(43-8,36(37,38)39)24-15-12-11-13-16-24)22-27-26(23)21-29(40)35(42)32(5,6)18-14-19-33(27,35)7/h11-13,15-17,23,26-29,40,42H,14,18-22H2,1-10H3/b25-17-/t23-,26-,27-,28+,29+,33+,34-,35+/m0/s1. The summed E-state index contributed by atoms with van der Waals surface area (Å²) in [4.78, 5) is 14.0. The number of benzene rings is 1. The fourth-order valence-electron chi connectivity index (χ4n) is 8.91. The number of fused-ring (bicyclic) bond motifs is 3. The zero-order valence-corrected chi connectivity index (χ0v) is 30.3. The smallest absolute Gasteiger partial charge is 0.432 e. The first-order valence-electron chi connectivity index (χ1n) is 16.6. The molecule has 0 aromatic heterocycles. The van der Waals surface area contributed by atoms with Crippen molar-refractivity contribution in [3.05, 3.63) is 47.5 Å². The number of rotatable bonds is 7. The highest BCUT2D eigenvalue weighted by Gasteiger charge is 2.70. The largest absolute Gasteiger partial charge is 0.455 e. The maximum Gasteiger partial charge on any atom is 0.432 e. The Morgan fingerprint density at radius 2 is 1.67 bits per heavy atom. The highest BCUT2D eigenvalue weighted by Crippen LogP contribution is 2.67. The van der Waals surface area contributed by atoms with Crippen LogP contribution in [0.4, 0.5) is 13.2 Å². The van der Waals surface area contributed by atoms with Gasteiger partial charge in [0.2, 0.25) is 0 Å². The number of alkyl halides is 3. The summed E-state index contributed by atoms with van der Waals surface area (Å²) in [7, 11) is -1.30. The Balaban J connectivity index is 1.80. The zero-order chi connectivity index (χ0) is 34.7. The number of hydrogen-bond donors (Lipinski definition) is 2. The van der Waals surface area contributed by atoms with Crippen LogP contribution in [0.1, 0.15) is 86.1 Å². The van der Waals surface area contributed by atoms with E-state index >= 15 is 0 Å². The second-order valence-electron chi connectivity index (χ2n) is 16.4. The van der Waals surface area contributed by atoms with Crippen LogP contribution in [0.3, 0.4) is 0 Å². The molecule has 0 bridgehead atoms. The quantitative estimate of drug-likeness (QED) is 0.174. The molecule has 1 aromatic carbocycles. The van der Waals surface area contributed by atoms with Gasteiger partial charge in [-0.3, -0.25) is 0 Å². The van der Waals surface area contributed by atoms with Crippen LogP contribution < -0.4 is 0 Å². The van der Waals surface area contributed by atoms with Crippen LogP contribution in [-0.4, -0.2) is 62.2 Å². The van der Waals surface area contributed by atoms with E-state index in [0.717, 1.165) is 20.0 Å². The van der Waals surface area contributed by atoms with Crippen LogP contribution >= 0.6 is 0 Å². The molecule has 0 aliphatic heterocycles. The molecule has 4 rings (SSSR count). The molecule has 8 atom stereocenters. The summed E-state index contributed by atoms with van der Waals surface area (Å²) < 4.78 is 62.2. The lowest BCUT2D eigenvalue weighted by Gasteiger charge is -2.68. The van der Waals surface area contributed by atoms with Gasteiger partial charge in [0.05, 0.1) is 12.7 Å². The molecule has 46 heavy (non-hydrogen) atoms. The van der Waals surface area contributed by atoms with Crippen molar-refractivity contribution in [3.63, 3.8) is 0 Å². The summed E-state index contributed by atoms with van der Waals surface area (Å²) in [5.74, 6) is -2.07. The minimum absolute atomic E-state index is 0.0541. The minimum Gasteiger partial charge on any atom is -0.455 e. The van der Waals surface area contributed by atoms with Crippen molar-refractivity contribution in [1.29, 1.82) is 0 Å². The van der Waals surface area contributed by atoms with E-state index in [2.05, 4.69) is 33.9 Å². The van der Waals surface area contributed by atoms with Crippen molar-refractivity contribution in [1.82, 2.24) is 0 Å². The second kappa shape index (κ2) is 12.3. The molecule has 0 unspecified atom stereocenters. The Bertz CT molecular complexity index is 1290. The average Bonchev–Trinajstić information content (AvgIpc) is 2.93. The van der Waals surface area contributed by atoms with Crippen LogP contribution in [0.5, 0.6) is 0 Å². The number of methoxy groups -OCH3 is 1. The summed E-state index contributed by atoms with van der Waals surface area (Å²) >= 11 is 0. The first kappa shape index (κ1) is 37.1. The van der Waals surface area contributed by atoms with E-state index in [-0.39, 0.29) is 41.4 Å². The molecular weight excluding hydrogens is 613 g/mol. The topological polar surface area (TPSA) is 85.2 Å². The van der Waals surface area contributed by atoms with Crippen LogP contribution in [-0.2, 0) is 24.3 Å². The van der Waals surface area contributed by atoms with Crippen molar-refractivity contribution >= 4 is 14.3 Å². The molecule has 1 aromatic rings. The first-order valence-corrected chi connectivity index (χ1v) is 19.6. The number of esters is 1. The molecule has 260 valence electrons. The molecule has 3 fully saturated rings. The van der Waals surface area contributed by atoms with Crippen LogP contribution in [0.2, 0.25) is 18.1 Å². The van der Waals surface area contributed by atoms with Gasteiger partial charge in [0, 0.05) is 18.1 Å². The van der Waals surface area contributed by atoms with Gasteiger partial charge in [-0.25, -0.2) is 4.79 Å². The van der Waals surface area contributed by atoms with Gasteiger partial charge in [0.15, 0.2) is 8.32 Å². The number of hydrogen-bond acceptors (Lipinski definition) is 6. The van der Waals surface area contributed by atoms with Crippen LogP contribution in [0.25, 0.3) is 0 Å². The molecular formula is C36H55F3O6Si. The molecule has 3 aliphatic rings. The number of carbonyl (C=O) groups excluding carboxylic acids is 1. The van der Waals surface area contributed by atoms with Gasteiger partial charge >= 0.3 is 12.1 Å². The minimum atomic E-state index is -5.10. The predicted octanol–water partition coefficient (Wildman–Crippen LogP) is 7.93. The second-order valence-corrected chi connectivity index (χ2v) is 21.2. The molecule has 0 radical (unpaired) electrons. The third-order valence-electron chi connectivity index (χ3n) is 12.7. The fourth-order valence-corrected chi connectivity index (χ4v) is 9.84. The van der Waals surface area contributed by atoms with E-state index in [1.54, 1.807) is 6.07 Å². The number of carbonyl (C=O) groups is 1. The third-order valence-corrected chi connectivity index (χ3v) is 17.2. The molecule has 10 heteroatoms. The zero-order valence-electron chi connectivity index (χ0n) is 29.3. The van der Waals surface area contributed by atoms with Gasteiger partial charge in [-0.15, -0.1) is 0 Å². The average molecular weight is 669 g/mol. The predicted molar refractivity (Wildman–Crippen MR) is 174 cm³/mol. The summed E-state index contributed by atoms with van der Waals surface area (Å²) in [6.45, 7) is 18.8. The molecule has 2 N–H and O–H groups in total. The lowest BCUT2D eigenvalue weighted by Crippen LogP contribution is -2.72. The normalized spacial score (nSPS) is 35.5. The summed E-state index contributed by atoms with van der Waals surface area (Å²) in [6, 6.07) is 6.87. The van der Waals surface area contributed by atoms with Crippen molar-refractivity contribution in [2.45, 2.75) is 128 Å². The number of aliphatic hydroxyl groups excluding tert-OH is 1. The molecule has 0 spiro atoms. The third kappa shape index (κ3) is 5.71. The van der Waals surface area contributed by atoms with Gasteiger partial charge in [0.1, 0.15) is 11.7 Å². The molecule has 0 heterocycles. The van der Waals surface area contributed by atoms with E-state index in [1.807, 2.05) is 33.8 Å². The van der Waals surface area contributed by atoms with Crippen molar-refractivity contribution < 1.29 is 42.1 Å². The maximum atomic E-state index is 14.9. The summed E-state index contributed by atoms with van der Waals surface area (Å²) in [5, 5.41) is 24.0. The monoisotopic (exact) mass is 668 g/mol. The van der Waals surface area contributed by atoms with E-state index in [1.165, 1.54) is 24.3 Å². The van der Waals surface area contributed by atoms with Crippen molar-refractivity contribution in [2.75, 3.05) is 13.7 Å². The maximum absolute atomic E-state index is 14.9. The van der Waals surface area contributed by atoms with E-state index in [4.69, 9.17) is 13.9 Å². The Labute approximate surface area is 274 Å². The van der Waals surface area contributed by atoms with E-state index in [0.29, 0.717) is 18.4 Å². The highest BCUT2D eigenvalue weighted by atomic mass is 28.4. The van der Waals surface area contributed by atoms with E-state index in [9.17, 15) is 28.2 Å². The molecule has 3 aliphatic carbocycles. The van der Waals surface area contributed by atoms with Gasteiger partial charge in [-0.1, -0.05) is 91.3 Å². The van der Waals surface area contributed by atoms with Crippen molar-refractivity contribution in [2.24, 2.45) is 28.6 Å². The van der Waals surface area contributed by atoms with Crippen LogP contribution in [0.15, 0.2) is 42.0 Å². The first-order chi connectivity index (χ1) is 21.0. The van der Waals surface area contributed by atoms with Crippen LogP contribution in [0, 0.1) is 28.6 Å². The van der Waals surface area contributed by atoms with Gasteiger partial charge in [-0.05, 0) is 72.6 Å². The Morgan fingerprint density at radius 3 is 2.22 bits per heavy atom. The molecule has 0 amide bonds. The number of halogens is 3. The summed E-state index contributed by atoms with van der Waals surface area (Å²) in [6.07, 6.45) is -2.39. The molecule has 0 saturated heterocycles. The Hall–Kier alpha value is -1.72. The molecule has 3 saturated carbocycles. The van der Waals surface area contributed by atoms with Gasteiger partial charge in [0.25, 0.3) is 5.60 Å². The fraction of sp³-hybridized carbons (Fsp3) is 0.750. The summed E-state index contributed by atoms with van der Waals surface area (Å²) in [5.41, 5.74) is -5.74. The lowest BCUT2D eigenvalue weighted by molar-refractivity contribution is -0.295.